The molecule has 0 aliphatic carbocycles. The molecule has 4 nitrogen and oxygen atoms in total. The van der Waals surface area contributed by atoms with Crippen molar-refractivity contribution in [2.24, 2.45) is 10.9 Å². The van der Waals surface area contributed by atoms with E-state index in [4.69, 9.17) is 4.99 Å². The average molecular weight is 313 g/mol. The molecule has 2 saturated heterocycles. The van der Waals surface area contributed by atoms with Crippen LogP contribution in [-0.4, -0.2) is 72.1 Å². The van der Waals surface area contributed by atoms with Crippen LogP contribution in [0.3, 0.4) is 0 Å². The normalized spacial score (nSPS) is 27.1. The van der Waals surface area contributed by atoms with Crippen molar-refractivity contribution in [1.29, 1.82) is 0 Å². The molecular formula is C16H32N4S. The van der Waals surface area contributed by atoms with Crippen LogP contribution in [0.1, 0.15) is 34.1 Å². The monoisotopic (exact) mass is 312 g/mol. The van der Waals surface area contributed by atoms with E-state index in [1.54, 1.807) is 0 Å². The molecule has 122 valence electrons. The van der Waals surface area contributed by atoms with E-state index in [1.807, 2.05) is 0 Å². The van der Waals surface area contributed by atoms with E-state index in [1.165, 1.54) is 31.8 Å². The highest BCUT2D eigenvalue weighted by Gasteiger charge is 2.29. The van der Waals surface area contributed by atoms with E-state index in [0.29, 0.717) is 4.75 Å². The summed E-state index contributed by atoms with van der Waals surface area (Å²) in [6.07, 6.45) is 1.30. The van der Waals surface area contributed by atoms with Gasteiger partial charge in [-0.2, -0.15) is 11.8 Å². The molecule has 2 heterocycles. The number of likely N-dealkylation sites (tertiary alicyclic amines) is 1. The molecule has 2 rings (SSSR count). The molecule has 0 bridgehead atoms. The maximum absolute atomic E-state index is 4.95. The van der Waals surface area contributed by atoms with Gasteiger partial charge in [-0.25, -0.2) is 0 Å². The molecule has 21 heavy (non-hydrogen) atoms. The first kappa shape index (κ1) is 16.9. The highest BCUT2D eigenvalue weighted by molar-refractivity contribution is 8.00. The Morgan fingerprint density at radius 1 is 1.33 bits per heavy atom. The third-order valence-corrected chi connectivity index (χ3v) is 5.67. The summed E-state index contributed by atoms with van der Waals surface area (Å²) >= 11 is 2.08. The molecule has 0 spiro atoms. The summed E-state index contributed by atoms with van der Waals surface area (Å²) in [5, 5.41) is 3.49. The average Bonchev–Trinajstić information content (AvgIpc) is 2.90. The van der Waals surface area contributed by atoms with Gasteiger partial charge in [0.15, 0.2) is 5.96 Å². The molecular weight excluding hydrogens is 280 g/mol. The Hall–Kier alpha value is -0.420. The summed E-state index contributed by atoms with van der Waals surface area (Å²) in [6.45, 7) is 16.9. The summed E-state index contributed by atoms with van der Waals surface area (Å²) in [7, 11) is 0. The van der Waals surface area contributed by atoms with Gasteiger partial charge in [0.2, 0.25) is 0 Å². The lowest BCUT2D eigenvalue weighted by Crippen LogP contribution is -2.51. The number of rotatable bonds is 4. The largest absolute Gasteiger partial charge is 0.357 e. The van der Waals surface area contributed by atoms with Crippen molar-refractivity contribution >= 4 is 17.7 Å². The maximum Gasteiger partial charge on any atom is 0.193 e. The zero-order chi connectivity index (χ0) is 15.3. The van der Waals surface area contributed by atoms with Crippen LogP contribution in [0.5, 0.6) is 0 Å². The Morgan fingerprint density at radius 3 is 2.76 bits per heavy atom. The molecule has 1 N–H and O–H groups in total. The lowest BCUT2D eigenvalue weighted by molar-refractivity contribution is 0.342. The van der Waals surface area contributed by atoms with Gasteiger partial charge < -0.3 is 15.1 Å². The highest BCUT2D eigenvalue weighted by Crippen LogP contribution is 2.29. The van der Waals surface area contributed by atoms with Crippen LogP contribution >= 0.6 is 11.8 Å². The Kier molecular flexibility index (Phi) is 6.23. The second kappa shape index (κ2) is 7.73. The maximum atomic E-state index is 4.95. The molecule has 2 aliphatic heterocycles. The third-order valence-electron chi connectivity index (χ3n) is 4.38. The van der Waals surface area contributed by atoms with E-state index < -0.39 is 0 Å². The van der Waals surface area contributed by atoms with Crippen molar-refractivity contribution < 1.29 is 0 Å². The number of guanidine groups is 1. The van der Waals surface area contributed by atoms with Gasteiger partial charge in [-0.15, -0.1) is 0 Å². The molecule has 1 atom stereocenters. The summed E-state index contributed by atoms with van der Waals surface area (Å²) in [5.41, 5.74) is 0. The van der Waals surface area contributed by atoms with Gasteiger partial charge in [-0.3, -0.25) is 4.99 Å². The van der Waals surface area contributed by atoms with Crippen LogP contribution in [0.4, 0.5) is 0 Å². The molecule has 5 heteroatoms. The van der Waals surface area contributed by atoms with Crippen molar-refractivity contribution in [3.63, 3.8) is 0 Å². The van der Waals surface area contributed by atoms with E-state index in [-0.39, 0.29) is 0 Å². The number of nitrogens with zero attached hydrogens (tertiary/aromatic N) is 3. The Labute approximate surface area is 134 Å². The lowest BCUT2D eigenvalue weighted by atomic mass is 10.1. The SMILES string of the molecule is CCNC(=NCC1CCN(CC)C1)N1CCSC(C)(C)C1. The van der Waals surface area contributed by atoms with Crippen molar-refractivity contribution in [3.8, 4) is 0 Å². The van der Waals surface area contributed by atoms with Gasteiger partial charge in [-0.1, -0.05) is 6.92 Å². The van der Waals surface area contributed by atoms with Gasteiger partial charge in [0, 0.05) is 43.2 Å². The zero-order valence-electron chi connectivity index (χ0n) is 14.2. The van der Waals surface area contributed by atoms with E-state index in [0.717, 1.165) is 38.1 Å². The van der Waals surface area contributed by atoms with E-state index in [9.17, 15) is 0 Å². The molecule has 0 radical (unpaired) electrons. The number of hydrogen-bond donors (Lipinski definition) is 1. The molecule has 0 aromatic carbocycles. The van der Waals surface area contributed by atoms with Crippen molar-refractivity contribution in [2.45, 2.75) is 38.9 Å². The molecule has 0 saturated carbocycles. The predicted molar refractivity (Wildman–Crippen MR) is 94.3 cm³/mol. The van der Waals surface area contributed by atoms with Crippen LogP contribution in [0, 0.1) is 5.92 Å². The number of thioether (sulfide) groups is 1. The summed E-state index contributed by atoms with van der Waals surface area (Å²) in [6, 6.07) is 0. The first-order chi connectivity index (χ1) is 10.0. The van der Waals surface area contributed by atoms with Crippen molar-refractivity contribution in [3.05, 3.63) is 0 Å². The minimum absolute atomic E-state index is 0.334. The topological polar surface area (TPSA) is 30.9 Å². The second-order valence-electron chi connectivity index (χ2n) is 6.77. The molecule has 0 amide bonds. The van der Waals surface area contributed by atoms with E-state index >= 15 is 0 Å². The molecule has 2 fully saturated rings. The minimum Gasteiger partial charge on any atom is -0.357 e. The fraction of sp³-hybridized carbons (Fsp3) is 0.938. The molecule has 2 aliphatic rings. The van der Waals surface area contributed by atoms with Crippen LogP contribution in [0.15, 0.2) is 4.99 Å². The van der Waals surface area contributed by atoms with Crippen LogP contribution in [0.25, 0.3) is 0 Å². The van der Waals surface area contributed by atoms with Crippen LogP contribution in [-0.2, 0) is 0 Å². The van der Waals surface area contributed by atoms with Crippen LogP contribution < -0.4 is 5.32 Å². The van der Waals surface area contributed by atoms with Crippen LogP contribution in [0.2, 0.25) is 0 Å². The summed E-state index contributed by atoms with van der Waals surface area (Å²) in [4.78, 5) is 9.94. The van der Waals surface area contributed by atoms with Gasteiger partial charge in [0.05, 0.1) is 0 Å². The van der Waals surface area contributed by atoms with E-state index in [2.05, 4.69) is 54.6 Å². The first-order valence-corrected chi connectivity index (χ1v) is 9.42. The van der Waals surface area contributed by atoms with Crippen molar-refractivity contribution in [2.75, 3.05) is 51.6 Å². The predicted octanol–water partition coefficient (Wildman–Crippen LogP) is 2.12. The standard InChI is InChI=1S/C16H32N4S/c1-5-17-15(20-9-10-21-16(3,4)13-20)18-11-14-7-8-19(6-2)12-14/h14H,5-13H2,1-4H3,(H,17,18). The third kappa shape index (κ3) is 5.06. The summed E-state index contributed by atoms with van der Waals surface area (Å²) in [5.74, 6) is 3.07. The zero-order valence-corrected chi connectivity index (χ0v) is 15.0. The summed E-state index contributed by atoms with van der Waals surface area (Å²) < 4.78 is 0.334. The van der Waals surface area contributed by atoms with Crippen molar-refractivity contribution in [1.82, 2.24) is 15.1 Å². The molecule has 0 aromatic heterocycles. The smallest absolute Gasteiger partial charge is 0.193 e. The number of aliphatic imine (C=N–C) groups is 1. The molecule has 1 unspecified atom stereocenters. The number of nitrogens with one attached hydrogen (secondary N) is 1. The quantitative estimate of drug-likeness (QED) is 0.636. The fourth-order valence-corrected chi connectivity index (χ4v) is 4.30. The van der Waals surface area contributed by atoms with Gasteiger partial charge >= 0.3 is 0 Å². The lowest BCUT2D eigenvalue weighted by Gasteiger charge is -2.39. The first-order valence-electron chi connectivity index (χ1n) is 8.43. The van der Waals surface area contributed by atoms with Gasteiger partial charge in [-0.05, 0) is 46.2 Å². The van der Waals surface area contributed by atoms with Gasteiger partial charge in [0.1, 0.15) is 0 Å². The Bertz CT molecular complexity index is 356. The molecule has 0 aromatic rings. The highest BCUT2D eigenvalue weighted by atomic mass is 32.2. The fourth-order valence-electron chi connectivity index (χ4n) is 3.19. The number of hydrogen-bond acceptors (Lipinski definition) is 3. The second-order valence-corrected chi connectivity index (χ2v) is 8.57. The minimum atomic E-state index is 0.334. The Morgan fingerprint density at radius 2 is 2.14 bits per heavy atom. The van der Waals surface area contributed by atoms with Gasteiger partial charge in [0.25, 0.3) is 0 Å². The Balaban J connectivity index is 1.93.